The lowest BCUT2D eigenvalue weighted by molar-refractivity contribution is 0.602. The van der Waals surface area contributed by atoms with Crippen molar-refractivity contribution in [3.63, 3.8) is 0 Å². The number of hydrogen-bond acceptors (Lipinski definition) is 0. The summed E-state index contributed by atoms with van der Waals surface area (Å²) in [6.45, 7) is 2.24. The summed E-state index contributed by atoms with van der Waals surface area (Å²) >= 11 is 0. The van der Waals surface area contributed by atoms with Crippen LogP contribution in [0.3, 0.4) is 0 Å². The third-order valence-electron chi connectivity index (χ3n) is 1.66. The SMILES string of the molecule is CCC1[C]CCC1. The van der Waals surface area contributed by atoms with Gasteiger partial charge in [-0.1, -0.05) is 19.8 Å². The minimum Gasteiger partial charge on any atom is -0.0651 e. The van der Waals surface area contributed by atoms with Gasteiger partial charge in [-0.25, -0.2) is 0 Å². The van der Waals surface area contributed by atoms with Crippen molar-refractivity contribution in [2.45, 2.75) is 32.6 Å². The lowest BCUT2D eigenvalue weighted by Gasteiger charge is -1.98. The molecule has 40 valence electrons. The molecule has 1 aliphatic carbocycles. The van der Waals surface area contributed by atoms with Gasteiger partial charge in [-0.05, 0) is 25.2 Å². The highest BCUT2D eigenvalue weighted by atomic mass is 14.2. The molecular formula is C7H12. The van der Waals surface area contributed by atoms with E-state index in [0.717, 1.165) is 5.92 Å². The molecule has 0 amide bonds. The molecule has 1 atom stereocenters. The molecule has 2 radical (unpaired) electrons. The van der Waals surface area contributed by atoms with Crippen LogP contribution in [-0.2, 0) is 0 Å². The van der Waals surface area contributed by atoms with Gasteiger partial charge in [0.2, 0.25) is 0 Å². The average molecular weight is 96.2 g/mol. The predicted molar refractivity (Wildman–Crippen MR) is 30.9 cm³/mol. The Kier molecular flexibility index (Phi) is 1.72. The second-order valence-electron chi connectivity index (χ2n) is 2.20. The van der Waals surface area contributed by atoms with Crippen molar-refractivity contribution in [3.8, 4) is 0 Å². The van der Waals surface area contributed by atoms with Gasteiger partial charge in [0.25, 0.3) is 0 Å². The quantitative estimate of drug-likeness (QED) is 0.469. The monoisotopic (exact) mass is 96.1 g/mol. The van der Waals surface area contributed by atoms with Gasteiger partial charge in [0.05, 0.1) is 0 Å². The molecule has 0 spiro atoms. The van der Waals surface area contributed by atoms with E-state index in [9.17, 15) is 0 Å². The van der Waals surface area contributed by atoms with Gasteiger partial charge in [0.15, 0.2) is 0 Å². The van der Waals surface area contributed by atoms with Crippen LogP contribution < -0.4 is 0 Å². The van der Waals surface area contributed by atoms with Crippen LogP contribution >= 0.6 is 0 Å². The molecule has 7 heavy (non-hydrogen) atoms. The van der Waals surface area contributed by atoms with Crippen LogP contribution in [0, 0.1) is 12.3 Å². The molecule has 0 saturated heterocycles. The van der Waals surface area contributed by atoms with Gasteiger partial charge in [-0.15, -0.1) is 0 Å². The molecule has 0 N–H and O–H groups in total. The van der Waals surface area contributed by atoms with Gasteiger partial charge < -0.3 is 0 Å². The fourth-order valence-corrected chi connectivity index (χ4v) is 1.11. The molecule has 1 aliphatic rings. The van der Waals surface area contributed by atoms with Crippen molar-refractivity contribution in [2.75, 3.05) is 0 Å². The van der Waals surface area contributed by atoms with Crippen LogP contribution in [0.5, 0.6) is 0 Å². The molecule has 1 fully saturated rings. The Morgan fingerprint density at radius 1 is 1.71 bits per heavy atom. The molecule has 0 aliphatic heterocycles. The van der Waals surface area contributed by atoms with Gasteiger partial charge in [0.1, 0.15) is 0 Å². The predicted octanol–water partition coefficient (Wildman–Crippen LogP) is 2.28. The topological polar surface area (TPSA) is 0 Å². The van der Waals surface area contributed by atoms with E-state index in [1.807, 2.05) is 0 Å². The zero-order valence-electron chi connectivity index (χ0n) is 4.91. The Labute approximate surface area is 45.9 Å². The minimum atomic E-state index is 0.847. The minimum absolute atomic E-state index is 0.847. The fourth-order valence-electron chi connectivity index (χ4n) is 1.11. The molecule has 0 heterocycles. The Morgan fingerprint density at radius 2 is 2.57 bits per heavy atom. The Bertz CT molecular complexity index is 42.0. The first-order valence-corrected chi connectivity index (χ1v) is 3.17. The van der Waals surface area contributed by atoms with Gasteiger partial charge in [-0.3, -0.25) is 0 Å². The summed E-state index contributed by atoms with van der Waals surface area (Å²) in [5.74, 6) is 0.847. The zero-order chi connectivity index (χ0) is 5.11. The van der Waals surface area contributed by atoms with Gasteiger partial charge in [0, 0.05) is 0 Å². The maximum absolute atomic E-state index is 3.41. The first-order chi connectivity index (χ1) is 3.43. The lowest BCUT2D eigenvalue weighted by atomic mass is 10.1. The van der Waals surface area contributed by atoms with E-state index in [4.69, 9.17) is 0 Å². The van der Waals surface area contributed by atoms with E-state index in [2.05, 4.69) is 13.3 Å². The highest BCUT2D eigenvalue weighted by molar-refractivity contribution is 4.81. The highest BCUT2D eigenvalue weighted by Gasteiger charge is 2.11. The van der Waals surface area contributed by atoms with Crippen LogP contribution in [0.25, 0.3) is 0 Å². The van der Waals surface area contributed by atoms with Crippen molar-refractivity contribution in [1.29, 1.82) is 0 Å². The van der Waals surface area contributed by atoms with Gasteiger partial charge >= 0.3 is 0 Å². The molecule has 1 unspecified atom stereocenters. The first-order valence-electron chi connectivity index (χ1n) is 3.17. The summed E-state index contributed by atoms with van der Waals surface area (Å²) in [7, 11) is 0. The Morgan fingerprint density at radius 3 is 2.86 bits per heavy atom. The highest BCUT2D eigenvalue weighted by Crippen LogP contribution is 2.25. The summed E-state index contributed by atoms with van der Waals surface area (Å²) in [6, 6.07) is 0. The average Bonchev–Trinajstić information content (AvgIpc) is 2.14. The molecular weight excluding hydrogens is 84.1 g/mol. The summed E-state index contributed by atoms with van der Waals surface area (Å²) in [4.78, 5) is 0. The van der Waals surface area contributed by atoms with Gasteiger partial charge in [-0.2, -0.15) is 0 Å². The molecule has 0 bridgehead atoms. The van der Waals surface area contributed by atoms with Crippen LogP contribution in [0.15, 0.2) is 0 Å². The van der Waals surface area contributed by atoms with Crippen molar-refractivity contribution >= 4 is 0 Å². The van der Waals surface area contributed by atoms with Crippen LogP contribution in [0.1, 0.15) is 32.6 Å². The van der Waals surface area contributed by atoms with Crippen molar-refractivity contribution in [3.05, 3.63) is 6.42 Å². The van der Waals surface area contributed by atoms with E-state index < -0.39 is 0 Å². The van der Waals surface area contributed by atoms with Crippen molar-refractivity contribution in [1.82, 2.24) is 0 Å². The van der Waals surface area contributed by atoms with E-state index in [1.165, 1.54) is 25.7 Å². The van der Waals surface area contributed by atoms with E-state index in [1.54, 1.807) is 0 Å². The van der Waals surface area contributed by atoms with Crippen molar-refractivity contribution < 1.29 is 0 Å². The summed E-state index contributed by atoms with van der Waals surface area (Å²) in [5, 5.41) is 0. The second-order valence-corrected chi connectivity index (χ2v) is 2.20. The maximum Gasteiger partial charge on any atom is -0.0140 e. The molecule has 0 aromatic carbocycles. The van der Waals surface area contributed by atoms with Crippen LogP contribution in [0.4, 0.5) is 0 Å². The largest absolute Gasteiger partial charge is 0.0651 e. The Balaban J connectivity index is 2.14. The molecule has 1 saturated carbocycles. The molecule has 0 aromatic rings. The van der Waals surface area contributed by atoms with E-state index in [-0.39, 0.29) is 0 Å². The number of hydrogen-bond donors (Lipinski definition) is 0. The van der Waals surface area contributed by atoms with E-state index in [0.29, 0.717) is 0 Å². The molecule has 1 rings (SSSR count). The third-order valence-corrected chi connectivity index (χ3v) is 1.66. The van der Waals surface area contributed by atoms with E-state index >= 15 is 0 Å². The normalized spacial score (nSPS) is 23.6. The number of rotatable bonds is 1. The fraction of sp³-hybridized carbons (Fsp3) is 0.857. The summed E-state index contributed by atoms with van der Waals surface area (Å²) in [5.41, 5.74) is 0. The van der Waals surface area contributed by atoms with Crippen LogP contribution in [0.2, 0.25) is 0 Å². The molecule has 0 nitrogen and oxygen atoms in total. The first kappa shape index (κ1) is 5.14. The summed E-state index contributed by atoms with van der Waals surface area (Å²) in [6.07, 6.45) is 8.75. The van der Waals surface area contributed by atoms with Crippen molar-refractivity contribution in [2.24, 2.45) is 5.92 Å². The molecule has 0 heteroatoms. The second kappa shape index (κ2) is 2.34. The lowest BCUT2D eigenvalue weighted by Crippen LogP contribution is -1.87. The smallest absolute Gasteiger partial charge is 0.0140 e. The Hall–Kier alpha value is 0. The van der Waals surface area contributed by atoms with Crippen LogP contribution in [-0.4, -0.2) is 0 Å². The standard InChI is InChI=1S/C7H12/c1-2-7-5-3-4-6-7/h7H,2-5H2,1H3. The zero-order valence-corrected chi connectivity index (χ0v) is 4.91. The molecule has 0 aromatic heterocycles. The third kappa shape index (κ3) is 1.19. The summed E-state index contributed by atoms with van der Waals surface area (Å²) < 4.78 is 0. The maximum atomic E-state index is 3.41.